The van der Waals surface area contributed by atoms with Crippen LogP contribution in [0.3, 0.4) is 0 Å². The topological polar surface area (TPSA) is 26.3 Å². The minimum atomic E-state index is 0.883. The monoisotopic (exact) mass is 678 g/mol. The molecule has 0 fully saturated rings. The molecule has 0 aliphatic rings. The zero-order valence-electron chi connectivity index (χ0n) is 29.3. The molecule has 0 atom stereocenters. The third kappa shape index (κ3) is 5.11. The van der Waals surface area contributed by atoms with Gasteiger partial charge in [-0.15, -0.1) is 0 Å². The number of para-hydroxylation sites is 1. The molecule has 53 heavy (non-hydrogen) atoms. The fraction of sp³-hybridized carbons (Fsp3) is 0.0196. The molecule has 10 aromatic rings. The summed E-state index contributed by atoms with van der Waals surface area (Å²) in [4.78, 5) is 0. The Kier molecular flexibility index (Phi) is 7.23. The lowest BCUT2D eigenvalue weighted by molar-refractivity contribution is 0.577. The Hall–Kier alpha value is -6.90. The summed E-state index contributed by atoms with van der Waals surface area (Å²) in [6, 6.07) is 56.9. The van der Waals surface area contributed by atoms with Crippen LogP contribution in [0.4, 0.5) is 0 Å². The number of hydrogen-bond acceptors (Lipinski definition) is 2. The Bertz CT molecular complexity index is 3070. The standard InChI is InChI=1S/C51H34O2/c1-3-4-17-39-32(2)52-48-26-22-37(28-43(39)48)35-20-24-41-45(30-35)50(33-13-7-5-8-14-33)42-25-21-36(31-46(42)51(41)34-15-9-6-10-16-34)38-23-27-49-44(29-38)40-18-11-12-19-47(40)53-49/h3-31H,1H2,2H3/b17-4-. The van der Waals surface area contributed by atoms with Crippen molar-refractivity contribution in [2.24, 2.45) is 0 Å². The van der Waals surface area contributed by atoms with Gasteiger partial charge in [-0.1, -0.05) is 140 Å². The molecule has 0 N–H and O–H groups in total. The van der Waals surface area contributed by atoms with Crippen molar-refractivity contribution in [3.05, 3.63) is 188 Å². The summed E-state index contributed by atoms with van der Waals surface area (Å²) in [5.41, 5.74) is 13.3. The van der Waals surface area contributed by atoms with E-state index in [4.69, 9.17) is 8.83 Å². The van der Waals surface area contributed by atoms with Crippen molar-refractivity contribution in [3.8, 4) is 44.5 Å². The molecule has 0 amide bonds. The summed E-state index contributed by atoms with van der Waals surface area (Å²) in [5.74, 6) is 0.900. The van der Waals surface area contributed by atoms with Crippen molar-refractivity contribution in [1.82, 2.24) is 0 Å². The Labute approximate surface area is 307 Å². The average Bonchev–Trinajstić information content (AvgIpc) is 3.74. The Morgan fingerprint density at radius 3 is 1.45 bits per heavy atom. The van der Waals surface area contributed by atoms with E-state index in [9.17, 15) is 0 Å². The van der Waals surface area contributed by atoms with Crippen LogP contribution in [-0.4, -0.2) is 0 Å². The first-order chi connectivity index (χ1) is 26.1. The van der Waals surface area contributed by atoms with Crippen LogP contribution in [-0.2, 0) is 0 Å². The first kappa shape index (κ1) is 30.9. The first-order valence-corrected chi connectivity index (χ1v) is 18.0. The fourth-order valence-electron chi connectivity index (χ4n) is 8.11. The number of rotatable bonds is 6. The predicted molar refractivity (Wildman–Crippen MR) is 224 cm³/mol. The number of fused-ring (bicyclic) bond motifs is 6. The second-order valence-electron chi connectivity index (χ2n) is 13.7. The smallest absolute Gasteiger partial charge is 0.135 e. The number of furan rings is 2. The van der Waals surface area contributed by atoms with Gasteiger partial charge in [0.1, 0.15) is 22.5 Å². The van der Waals surface area contributed by atoms with Crippen LogP contribution in [0, 0.1) is 6.92 Å². The maximum Gasteiger partial charge on any atom is 0.135 e. The van der Waals surface area contributed by atoms with Crippen LogP contribution in [0.1, 0.15) is 11.3 Å². The third-order valence-electron chi connectivity index (χ3n) is 10.6. The minimum Gasteiger partial charge on any atom is -0.461 e. The lowest BCUT2D eigenvalue weighted by atomic mass is 9.84. The zero-order valence-corrected chi connectivity index (χ0v) is 29.3. The summed E-state index contributed by atoms with van der Waals surface area (Å²) in [7, 11) is 0. The van der Waals surface area contributed by atoms with E-state index < -0.39 is 0 Å². The van der Waals surface area contributed by atoms with Crippen LogP contribution in [0.2, 0.25) is 0 Å². The quantitative estimate of drug-likeness (QED) is 0.129. The molecule has 0 radical (unpaired) electrons. The van der Waals surface area contributed by atoms with Crippen molar-refractivity contribution in [2.75, 3.05) is 0 Å². The van der Waals surface area contributed by atoms with Crippen LogP contribution >= 0.6 is 0 Å². The largest absolute Gasteiger partial charge is 0.461 e. The molecule has 2 nitrogen and oxygen atoms in total. The van der Waals surface area contributed by atoms with Gasteiger partial charge in [-0.3, -0.25) is 0 Å². The van der Waals surface area contributed by atoms with Crippen LogP contribution in [0.15, 0.2) is 185 Å². The molecule has 8 aromatic carbocycles. The Morgan fingerprint density at radius 2 is 0.868 bits per heavy atom. The first-order valence-electron chi connectivity index (χ1n) is 18.0. The summed E-state index contributed by atoms with van der Waals surface area (Å²) >= 11 is 0. The minimum absolute atomic E-state index is 0.883. The zero-order chi connectivity index (χ0) is 35.5. The van der Waals surface area contributed by atoms with Gasteiger partial charge in [0.25, 0.3) is 0 Å². The molecule has 0 unspecified atom stereocenters. The van der Waals surface area contributed by atoms with Gasteiger partial charge in [-0.25, -0.2) is 0 Å². The highest BCUT2D eigenvalue weighted by Gasteiger charge is 2.19. The number of allylic oxidation sites excluding steroid dienone is 2. The second kappa shape index (κ2) is 12.4. The molecule has 2 aromatic heterocycles. The van der Waals surface area contributed by atoms with E-state index in [1.165, 1.54) is 49.4 Å². The van der Waals surface area contributed by atoms with Crippen molar-refractivity contribution in [3.63, 3.8) is 0 Å². The molecule has 2 heteroatoms. The SMILES string of the molecule is C=C/C=C\c1c(C)oc2ccc(-c3ccc4c(-c5ccccc5)c5cc(-c6ccc7oc8ccccc8c7c6)ccc5c(-c5ccccc5)c4c3)cc12. The molecule has 0 saturated heterocycles. The van der Waals surface area contributed by atoms with E-state index in [2.05, 4.69) is 158 Å². The molecule has 0 bridgehead atoms. The second-order valence-corrected chi connectivity index (χ2v) is 13.7. The highest BCUT2D eigenvalue weighted by molar-refractivity contribution is 6.22. The lowest BCUT2D eigenvalue weighted by Gasteiger charge is -2.19. The van der Waals surface area contributed by atoms with E-state index in [-0.39, 0.29) is 0 Å². The molecule has 0 spiro atoms. The van der Waals surface area contributed by atoms with E-state index >= 15 is 0 Å². The Morgan fingerprint density at radius 1 is 0.396 bits per heavy atom. The van der Waals surface area contributed by atoms with E-state index in [1.807, 2.05) is 25.1 Å². The fourth-order valence-corrected chi connectivity index (χ4v) is 8.11. The molecular formula is C51H34O2. The maximum atomic E-state index is 6.18. The molecule has 10 rings (SSSR count). The van der Waals surface area contributed by atoms with Gasteiger partial charge in [0.15, 0.2) is 0 Å². The van der Waals surface area contributed by atoms with Crippen LogP contribution < -0.4 is 0 Å². The number of hydrogen-bond donors (Lipinski definition) is 0. The van der Waals surface area contributed by atoms with Crippen LogP contribution in [0.5, 0.6) is 0 Å². The van der Waals surface area contributed by atoms with Crippen molar-refractivity contribution >= 4 is 60.5 Å². The van der Waals surface area contributed by atoms with E-state index in [1.54, 1.807) is 6.08 Å². The van der Waals surface area contributed by atoms with Crippen molar-refractivity contribution < 1.29 is 8.83 Å². The van der Waals surface area contributed by atoms with Crippen molar-refractivity contribution in [1.29, 1.82) is 0 Å². The molecule has 250 valence electrons. The third-order valence-corrected chi connectivity index (χ3v) is 10.6. The number of aryl methyl sites for hydroxylation is 1. The molecule has 0 saturated carbocycles. The normalized spacial score (nSPS) is 11.9. The summed E-state index contributed by atoms with van der Waals surface area (Å²) in [6.45, 7) is 5.88. The van der Waals surface area contributed by atoms with Gasteiger partial charge >= 0.3 is 0 Å². The summed E-state index contributed by atoms with van der Waals surface area (Å²) in [6.07, 6.45) is 5.84. The van der Waals surface area contributed by atoms with Gasteiger partial charge in [0, 0.05) is 21.7 Å². The Balaban J connectivity index is 1.25. The van der Waals surface area contributed by atoms with Gasteiger partial charge in [-0.2, -0.15) is 0 Å². The van der Waals surface area contributed by atoms with E-state index in [0.717, 1.165) is 60.9 Å². The highest BCUT2D eigenvalue weighted by atomic mass is 16.3. The molecule has 0 aliphatic heterocycles. The predicted octanol–water partition coefficient (Wildman–Crippen LogP) is 14.8. The molecular weight excluding hydrogens is 645 g/mol. The molecule has 0 aliphatic carbocycles. The maximum absolute atomic E-state index is 6.18. The van der Waals surface area contributed by atoms with Gasteiger partial charge in [-0.05, 0) is 115 Å². The van der Waals surface area contributed by atoms with Gasteiger partial charge in [0.2, 0.25) is 0 Å². The molecule has 2 heterocycles. The van der Waals surface area contributed by atoms with Crippen molar-refractivity contribution in [2.45, 2.75) is 6.92 Å². The number of benzene rings is 8. The van der Waals surface area contributed by atoms with Gasteiger partial charge < -0.3 is 8.83 Å². The average molecular weight is 679 g/mol. The highest BCUT2D eigenvalue weighted by Crippen LogP contribution is 2.46. The van der Waals surface area contributed by atoms with E-state index in [0.29, 0.717) is 0 Å². The summed E-state index contributed by atoms with van der Waals surface area (Å²) < 4.78 is 12.3. The lowest BCUT2D eigenvalue weighted by Crippen LogP contribution is -1.92. The summed E-state index contributed by atoms with van der Waals surface area (Å²) in [5, 5.41) is 8.23. The van der Waals surface area contributed by atoms with Crippen LogP contribution in [0.25, 0.3) is 105 Å². The van der Waals surface area contributed by atoms with Gasteiger partial charge in [0.05, 0.1) is 0 Å².